The maximum atomic E-state index is 11.7. The smallest absolute Gasteiger partial charge is 0.228 e. The number of carbonyl (C=O) groups is 1. The van der Waals surface area contributed by atoms with Crippen LogP contribution in [0.4, 0.5) is 5.69 Å². The summed E-state index contributed by atoms with van der Waals surface area (Å²) in [6.45, 7) is 2.67. The quantitative estimate of drug-likeness (QED) is 0.633. The molecule has 1 atom stereocenters. The summed E-state index contributed by atoms with van der Waals surface area (Å²) in [6.07, 6.45) is 5.81. The zero-order valence-corrected chi connectivity index (χ0v) is 8.73. The minimum atomic E-state index is 0.0676. The minimum absolute atomic E-state index is 0.0676. The zero-order valence-electron chi connectivity index (χ0n) is 8.73. The molecule has 76 valence electrons. The van der Waals surface area contributed by atoms with Crippen molar-refractivity contribution in [3.8, 4) is 12.3 Å². The number of anilines is 1. The van der Waals surface area contributed by atoms with Crippen LogP contribution < -0.4 is 4.90 Å². The number of amides is 1. The van der Waals surface area contributed by atoms with Crippen LogP contribution in [0.2, 0.25) is 0 Å². The molecule has 2 rings (SSSR count). The van der Waals surface area contributed by atoms with Crippen molar-refractivity contribution in [1.82, 2.24) is 0 Å². The third-order valence-corrected chi connectivity index (χ3v) is 2.67. The number of rotatable bonds is 1. The fraction of sp³-hybridized carbons (Fsp3) is 0.308. The van der Waals surface area contributed by atoms with E-state index in [-0.39, 0.29) is 11.8 Å². The van der Waals surface area contributed by atoms with Crippen LogP contribution >= 0.6 is 0 Å². The van der Waals surface area contributed by atoms with Crippen molar-refractivity contribution in [2.24, 2.45) is 5.92 Å². The van der Waals surface area contributed by atoms with E-state index in [4.69, 9.17) is 6.42 Å². The number of terminal acetylenes is 1. The Morgan fingerprint density at radius 2 is 2.33 bits per heavy atom. The lowest BCUT2D eigenvalue weighted by atomic mass is 10.1. The summed E-state index contributed by atoms with van der Waals surface area (Å²) in [6, 6.07) is 7.93. The average molecular weight is 199 g/mol. The molecule has 1 heterocycles. The molecule has 1 aliphatic heterocycles. The Morgan fingerprint density at radius 3 is 2.93 bits per heavy atom. The molecule has 1 amide bonds. The van der Waals surface area contributed by atoms with Crippen LogP contribution in [0.15, 0.2) is 24.3 Å². The third-order valence-electron chi connectivity index (χ3n) is 2.67. The molecule has 0 aromatic heterocycles. The van der Waals surface area contributed by atoms with E-state index in [1.807, 2.05) is 31.2 Å². The van der Waals surface area contributed by atoms with Gasteiger partial charge in [-0.2, -0.15) is 0 Å². The summed E-state index contributed by atoms with van der Waals surface area (Å²) in [5.74, 6) is 2.84. The topological polar surface area (TPSA) is 20.3 Å². The van der Waals surface area contributed by atoms with Gasteiger partial charge in [-0.05, 0) is 24.6 Å². The van der Waals surface area contributed by atoms with E-state index in [1.54, 1.807) is 4.90 Å². The highest BCUT2D eigenvalue weighted by atomic mass is 16.2. The molecule has 15 heavy (non-hydrogen) atoms. The Hall–Kier alpha value is -1.75. The fourth-order valence-corrected chi connectivity index (χ4v) is 1.86. The Balaban J connectivity index is 2.26. The van der Waals surface area contributed by atoms with Crippen LogP contribution in [0.5, 0.6) is 0 Å². The summed E-state index contributed by atoms with van der Waals surface area (Å²) in [5, 5.41) is 0. The lowest BCUT2D eigenvalue weighted by molar-refractivity contribution is -0.117. The van der Waals surface area contributed by atoms with Gasteiger partial charge in [0, 0.05) is 24.6 Å². The lowest BCUT2D eigenvalue weighted by Crippen LogP contribution is -2.24. The first-order chi connectivity index (χ1) is 7.20. The molecule has 1 aromatic rings. The van der Waals surface area contributed by atoms with E-state index in [0.717, 1.165) is 11.3 Å². The van der Waals surface area contributed by atoms with E-state index in [2.05, 4.69) is 5.92 Å². The summed E-state index contributed by atoms with van der Waals surface area (Å²) >= 11 is 0. The van der Waals surface area contributed by atoms with Crippen molar-refractivity contribution in [2.75, 3.05) is 11.4 Å². The van der Waals surface area contributed by atoms with E-state index < -0.39 is 0 Å². The van der Waals surface area contributed by atoms with Crippen LogP contribution in [0.1, 0.15) is 12.0 Å². The molecule has 1 fully saturated rings. The first-order valence-electron chi connectivity index (χ1n) is 5.04. The zero-order chi connectivity index (χ0) is 10.8. The summed E-state index contributed by atoms with van der Waals surface area (Å²) in [4.78, 5) is 13.5. The largest absolute Gasteiger partial charge is 0.311 e. The van der Waals surface area contributed by atoms with Crippen LogP contribution in [0.25, 0.3) is 0 Å². The molecule has 1 unspecified atom stereocenters. The molecule has 0 bridgehead atoms. The van der Waals surface area contributed by atoms with Crippen molar-refractivity contribution in [2.45, 2.75) is 13.3 Å². The molecule has 0 spiro atoms. The molecule has 1 aromatic carbocycles. The number of benzene rings is 1. The van der Waals surface area contributed by atoms with E-state index >= 15 is 0 Å². The van der Waals surface area contributed by atoms with Gasteiger partial charge in [-0.25, -0.2) is 0 Å². The Kier molecular flexibility index (Phi) is 2.47. The van der Waals surface area contributed by atoms with Crippen molar-refractivity contribution in [3.05, 3.63) is 29.8 Å². The average Bonchev–Trinajstić information content (AvgIpc) is 2.60. The van der Waals surface area contributed by atoms with E-state index in [9.17, 15) is 4.79 Å². The molecule has 2 nitrogen and oxygen atoms in total. The summed E-state index contributed by atoms with van der Waals surface area (Å²) in [7, 11) is 0. The number of aryl methyl sites for hydroxylation is 1. The van der Waals surface area contributed by atoms with Gasteiger partial charge in [-0.1, -0.05) is 12.1 Å². The predicted molar refractivity (Wildman–Crippen MR) is 60.5 cm³/mol. The van der Waals surface area contributed by atoms with Gasteiger partial charge in [0.25, 0.3) is 0 Å². The van der Waals surface area contributed by atoms with E-state index in [0.29, 0.717) is 13.0 Å². The second-order valence-corrected chi connectivity index (χ2v) is 3.91. The highest BCUT2D eigenvalue weighted by Crippen LogP contribution is 2.24. The van der Waals surface area contributed by atoms with Crippen molar-refractivity contribution >= 4 is 11.6 Å². The number of carbonyl (C=O) groups excluding carboxylic acids is 1. The number of hydrogen-bond acceptors (Lipinski definition) is 1. The first-order valence-corrected chi connectivity index (χ1v) is 5.04. The predicted octanol–water partition coefficient (Wildman–Crippen LogP) is 1.98. The highest BCUT2D eigenvalue weighted by Gasteiger charge is 2.29. The van der Waals surface area contributed by atoms with Crippen molar-refractivity contribution < 1.29 is 4.79 Å². The molecular weight excluding hydrogens is 186 g/mol. The van der Waals surface area contributed by atoms with Gasteiger partial charge < -0.3 is 4.90 Å². The Bertz CT molecular complexity index is 430. The third kappa shape index (κ3) is 1.87. The van der Waals surface area contributed by atoms with Gasteiger partial charge in [-0.15, -0.1) is 12.3 Å². The van der Waals surface area contributed by atoms with Gasteiger partial charge in [0.1, 0.15) is 0 Å². The first kappa shape index (κ1) is 9.79. The van der Waals surface area contributed by atoms with Gasteiger partial charge in [0.15, 0.2) is 0 Å². The molecule has 0 radical (unpaired) electrons. The molecule has 1 saturated heterocycles. The molecule has 0 saturated carbocycles. The van der Waals surface area contributed by atoms with Gasteiger partial charge in [0.2, 0.25) is 5.91 Å². The molecule has 0 aliphatic carbocycles. The highest BCUT2D eigenvalue weighted by molar-refractivity contribution is 5.96. The van der Waals surface area contributed by atoms with Crippen LogP contribution in [-0.4, -0.2) is 12.5 Å². The molecule has 0 N–H and O–H groups in total. The second kappa shape index (κ2) is 3.78. The molecule has 2 heteroatoms. The van der Waals surface area contributed by atoms with E-state index in [1.165, 1.54) is 0 Å². The second-order valence-electron chi connectivity index (χ2n) is 3.91. The van der Waals surface area contributed by atoms with Crippen LogP contribution in [0, 0.1) is 25.2 Å². The SMILES string of the molecule is C#CC1CC(=O)N(c2cccc(C)c2)C1. The maximum absolute atomic E-state index is 11.7. The van der Waals surface area contributed by atoms with Gasteiger partial charge >= 0.3 is 0 Å². The van der Waals surface area contributed by atoms with Crippen molar-refractivity contribution in [3.63, 3.8) is 0 Å². The van der Waals surface area contributed by atoms with Gasteiger partial charge in [-0.3, -0.25) is 4.79 Å². The van der Waals surface area contributed by atoms with Crippen molar-refractivity contribution in [1.29, 1.82) is 0 Å². The monoisotopic (exact) mass is 199 g/mol. The molecule has 1 aliphatic rings. The number of hydrogen-bond donors (Lipinski definition) is 0. The summed E-state index contributed by atoms with van der Waals surface area (Å²) < 4.78 is 0. The van der Waals surface area contributed by atoms with Crippen LogP contribution in [-0.2, 0) is 4.79 Å². The lowest BCUT2D eigenvalue weighted by Gasteiger charge is -2.16. The van der Waals surface area contributed by atoms with Gasteiger partial charge in [0.05, 0.1) is 0 Å². The minimum Gasteiger partial charge on any atom is -0.311 e. The normalized spacial score (nSPS) is 20.4. The molecular formula is C13H13NO. The standard InChI is InChI=1S/C13H13NO/c1-3-11-8-13(15)14(9-11)12-6-4-5-10(2)7-12/h1,4-7,11H,8-9H2,2H3. The summed E-state index contributed by atoms with van der Waals surface area (Å²) in [5.41, 5.74) is 2.11. The fourth-order valence-electron chi connectivity index (χ4n) is 1.86. The Labute approximate surface area is 89.9 Å². The number of nitrogens with zero attached hydrogens (tertiary/aromatic N) is 1. The maximum Gasteiger partial charge on any atom is 0.228 e. The Morgan fingerprint density at radius 1 is 1.53 bits per heavy atom. The van der Waals surface area contributed by atoms with Crippen LogP contribution in [0.3, 0.4) is 0 Å².